The summed E-state index contributed by atoms with van der Waals surface area (Å²) in [6, 6.07) is 0.645. The number of nitrogens with one attached hydrogen (secondary N) is 1. The first kappa shape index (κ1) is 15.1. The second-order valence-corrected chi connectivity index (χ2v) is 6.35. The molecule has 21 heavy (non-hydrogen) atoms. The molecule has 6 nitrogen and oxygen atoms in total. The first-order valence-corrected chi connectivity index (χ1v) is 8.37. The van der Waals surface area contributed by atoms with Crippen LogP contribution in [0, 0.1) is 0 Å². The molecule has 0 aromatic heterocycles. The summed E-state index contributed by atoms with van der Waals surface area (Å²) in [4.78, 5) is 19.0. The van der Waals surface area contributed by atoms with Gasteiger partial charge < -0.3 is 19.9 Å². The number of rotatable bonds is 4. The molecule has 0 spiro atoms. The van der Waals surface area contributed by atoms with Crippen molar-refractivity contribution < 1.29 is 9.53 Å². The topological polar surface area (TPSA) is 48.0 Å². The summed E-state index contributed by atoms with van der Waals surface area (Å²) >= 11 is 0. The molecule has 1 N–H and O–H groups in total. The van der Waals surface area contributed by atoms with Crippen LogP contribution in [-0.2, 0) is 4.74 Å². The van der Waals surface area contributed by atoms with Crippen molar-refractivity contribution in [3.63, 3.8) is 0 Å². The van der Waals surface area contributed by atoms with Crippen molar-refractivity contribution >= 4 is 6.03 Å². The van der Waals surface area contributed by atoms with Gasteiger partial charge in [0.2, 0.25) is 0 Å². The lowest BCUT2D eigenvalue weighted by Gasteiger charge is -2.48. The fraction of sp³-hybridized carbons (Fsp3) is 0.933. The van der Waals surface area contributed by atoms with Crippen LogP contribution in [-0.4, -0.2) is 91.8 Å². The summed E-state index contributed by atoms with van der Waals surface area (Å²) in [5, 5.41) is 3.00. The molecule has 120 valence electrons. The minimum Gasteiger partial charge on any atom is -0.376 e. The number of likely N-dealkylation sites (N-methyl/N-ethyl adjacent to an activating group) is 1. The predicted octanol–water partition coefficient (Wildman–Crippen LogP) is 0.197. The molecule has 0 aromatic rings. The molecule has 0 aliphatic carbocycles. The van der Waals surface area contributed by atoms with E-state index in [2.05, 4.69) is 22.0 Å². The summed E-state index contributed by atoms with van der Waals surface area (Å²) in [5.41, 5.74) is 0. The van der Waals surface area contributed by atoms with Crippen LogP contribution in [0.15, 0.2) is 0 Å². The monoisotopic (exact) mass is 296 g/mol. The number of likely N-dealkylation sites (tertiary alicyclic amines) is 1. The zero-order chi connectivity index (χ0) is 14.7. The van der Waals surface area contributed by atoms with Gasteiger partial charge in [0, 0.05) is 58.5 Å². The van der Waals surface area contributed by atoms with Crippen LogP contribution < -0.4 is 5.32 Å². The normalized spacial score (nSPS) is 28.6. The summed E-state index contributed by atoms with van der Waals surface area (Å²) in [6.45, 7) is 11.2. The summed E-state index contributed by atoms with van der Waals surface area (Å²) < 4.78 is 5.53. The van der Waals surface area contributed by atoms with Gasteiger partial charge in [0.1, 0.15) is 0 Å². The van der Waals surface area contributed by atoms with Crippen LogP contribution in [0.4, 0.5) is 4.79 Å². The third kappa shape index (κ3) is 3.67. The van der Waals surface area contributed by atoms with E-state index in [1.165, 1.54) is 0 Å². The van der Waals surface area contributed by atoms with Gasteiger partial charge in [0.05, 0.1) is 6.10 Å². The predicted molar refractivity (Wildman–Crippen MR) is 81.4 cm³/mol. The van der Waals surface area contributed by atoms with E-state index in [4.69, 9.17) is 4.74 Å². The molecular weight excluding hydrogens is 268 g/mol. The van der Waals surface area contributed by atoms with Crippen LogP contribution >= 0.6 is 0 Å². The molecule has 1 unspecified atom stereocenters. The lowest BCUT2D eigenvalue weighted by atomic mass is 10.1. The van der Waals surface area contributed by atoms with Crippen molar-refractivity contribution in [2.24, 2.45) is 0 Å². The number of urea groups is 1. The number of ether oxygens (including phenoxy) is 1. The van der Waals surface area contributed by atoms with Crippen LogP contribution in [0.1, 0.15) is 19.8 Å². The number of carbonyl (C=O) groups is 1. The molecule has 2 amide bonds. The van der Waals surface area contributed by atoms with Gasteiger partial charge in [-0.1, -0.05) is 6.92 Å². The van der Waals surface area contributed by atoms with Gasteiger partial charge in [0.25, 0.3) is 0 Å². The van der Waals surface area contributed by atoms with Gasteiger partial charge in [-0.2, -0.15) is 0 Å². The Bertz CT molecular complexity index is 346. The van der Waals surface area contributed by atoms with Crippen LogP contribution in [0.5, 0.6) is 0 Å². The van der Waals surface area contributed by atoms with Crippen molar-refractivity contribution in [1.29, 1.82) is 0 Å². The van der Waals surface area contributed by atoms with Gasteiger partial charge >= 0.3 is 6.03 Å². The molecular formula is C15H28N4O2. The highest BCUT2D eigenvalue weighted by Crippen LogP contribution is 2.17. The molecule has 6 heteroatoms. The minimum atomic E-state index is 0.0777. The average molecular weight is 296 g/mol. The van der Waals surface area contributed by atoms with Crippen molar-refractivity contribution in [3.8, 4) is 0 Å². The molecule has 0 aromatic carbocycles. The Hall–Kier alpha value is -0.850. The van der Waals surface area contributed by atoms with Gasteiger partial charge in [0.15, 0.2) is 0 Å². The first-order valence-electron chi connectivity index (χ1n) is 8.37. The number of piperazine rings is 1. The van der Waals surface area contributed by atoms with Gasteiger partial charge in [-0.25, -0.2) is 4.79 Å². The quantitative estimate of drug-likeness (QED) is 0.805. The second kappa shape index (κ2) is 6.94. The minimum absolute atomic E-state index is 0.0777. The molecule has 3 aliphatic rings. The number of nitrogens with zero attached hydrogens (tertiary/aromatic N) is 3. The Morgan fingerprint density at radius 1 is 1.24 bits per heavy atom. The van der Waals surface area contributed by atoms with Crippen LogP contribution in [0.2, 0.25) is 0 Å². The maximum atomic E-state index is 12.0. The fourth-order valence-corrected chi connectivity index (χ4v) is 3.42. The largest absolute Gasteiger partial charge is 0.376 e. The molecule has 0 saturated carbocycles. The number of amides is 2. The fourth-order valence-electron chi connectivity index (χ4n) is 3.42. The van der Waals surface area contributed by atoms with Crippen LogP contribution in [0.3, 0.4) is 0 Å². The maximum Gasteiger partial charge on any atom is 0.317 e. The smallest absolute Gasteiger partial charge is 0.317 e. The van der Waals surface area contributed by atoms with Gasteiger partial charge in [-0.05, 0) is 19.4 Å². The van der Waals surface area contributed by atoms with Gasteiger partial charge in [-0.3, -0.25) is 4.90 Å². The first-order chi connectivity index (χ1) is 10.3. The van der Waals surface area contributed by atoms with E-state index >= 15 is 0 Å². The highest BCUT2D eigenvalue weighted by Gasteiger charge is 2.36. The summed E-state index contributed by atoms with van der Waals surface area (Å²) in [5.74, 6) is 0. The van der Waals surface area contributed by atoms with E-state index in [1.54, 1.807) is 0 Å². The number of hydrogen-bond acceptors (Lipinski definition) is 4. The Morgan fingerprint density at radius 3 is 2.62 bits per heavy atom. The molecule has 3 saturated heterocycles. The Balaban J connectivity index is 1.32. The van der Waals surface area contributed by atoms with Crippen molar-refractivity contribution in [3.05, 3.63) is 0 Å². The van der Waals surface area contributed by atoms with E-state index in [0.717, 1.165) is 65.3 Å². The van der Waals surface area contributed by atoms with Crippen molar-refractivity contribution in [2.45, 2.75) is 31.9 Å². The third-order valence-electron chi connectivity index (χ3n) is 5.02. The Labute approximate surface area is 127 Å². The Morgan fingerprint density at radius 2 is 2.00 bits per heavy atom. The van der Waals surface area contributed by atoms with E-state index in [1.807, 2.05) is 4.90 Å². The van der Waals surface area contributed by atoms with E-state index in [9.17, 15) is 4.79 Å². The highest BCUT2D eigenvalue weighted by molar-refractivity contribution is 5.75. The van der Waals surface area contributed by atoms with Crippen LogP contribution in [0.25, 0.3) is 0 Å². The SMILES string of the molecule is CCN1CCN(C2CN(C(=O)NCC3CCCO3)C2)CC1. The zero-order valence-electron chi connectivity index (χ0n) is 13.1. The van der Waals surface area contributed by atoms with E-state index < -0.39 is 0 Å². The Kier molecular flexibility index (Phi) is 4.98. The number of hydrogen-bond donors (Lipinski definition) is 1. The highest BCUT2D eigenvalue weighted by atomic mass is 16.5. The van der Waals surface area contributed by atoms with E-state index in [0.29, 0.717) is 12.6 Å². The standard InChI is InChI=1S/C15H28N4O2/c1-2-17-5-7-18(8-6-17)13-11-19(12-13)15(20)16-10-14-4-3-9-21-14/h13-14H,2-12H2,1H3,(H,16,20). The average Bonchev–Trinajstić information content (AvgIpc) is 2.97. The molecule has 1 atom stereocenters. The summed E-state index contributed by atoms with van der Waals surface area (Å²) in [6.07, 6.45) is 2.42. The van der Waals surface area contributed by atoms with Gasteiger partial charge in [-0.15, -0.1) is 0 Å². The molecule has 0 bridgehead atoms. The van der Waals surface area contributed by atoms with Crippen molar-refractivity contribution in [2.75, 3.05) is 59.0 Å². The molecule has 3 aliphatic heterocycles. The molecule has 3 heterocycles. The molecule has 3 rings (SSSR count). The lowest BCUT2D eigenvalue weighted by Crippen LogP contribution is -2.65. The second-order valence-electron chi connectivity index (χ2n) is 6.35. The lowest BCUT2D eigenvalue weighted by molar-refractivity contribution is 0.0232. The molecule has 3 fully saturated rings. The zero-order valence-corrected chi connectivity index (χ0v) is 13.1. The third-order valence-corrected chi connectivity index (χ3v) is 5.02. The number of carbonyl (C=O) groups excluding carboxylic acids is 1. The van der Waals surface area contributed by atoms with E-state index in [-0.39, 0.29) is 12.1 Å². The molecule has 0 radical (unpaired) electrons. The van der Waals surface area contributed by atoms with Crippen molar-refractivity contribution in [1.82, 2.24) is 20.0 Å². The summed E-state index contributed by atoms with van der Waals surface area (Å²) in [7, 11) is 0. The maximum absolute atomic E-state index is 12.0.